The normalized spacial score (nSPS) is 16.2. The maximum Gasteiger partial charge on any atom is 0.219 e. The molecule has 4 nitrogen and oxygen atoms in total. The molecule has 1 amide bonds. The molecule has 7 heteroatoms. The first-order valence-electron chi connectivity index (χ1n) is 5.62. The summed E-state index contributed by atoms with van der Waals surface area (Å²) in [5.74, 6) is -0.0101. The molecule has 0 saturated carbocycles. The van der Waals surface area contributed by atoms with Crippen LogP contribution < -0.4 is 5.32 Å². The van der Waals surface area contributed by atoms with Gasteiger partial charge in [-0.25, -0.2) is 0 Å². The Labute approximate surface area is 112 Å². The lowest BCUT2D eigenvalue weighted by Gasteiger charge is -2.15. The number of carbonyl (C=O) groups is 1. The van der Waals surface area contributed by atoms with E-state index in [2.05, 4.69) is 5.32 Å². The Balaban J connectivity index is 3.78. The highest BCUT2D eigenvalue weighted by atomic mass is 33.1. The maximum atomic E-state index is 11.8. The smallest absolute Gasteiger partial charge is 0.219 e. The molecule has 0 heterocycles. The Bertz CT molecular complexity index is 276. The van der Waals surface area contributed by atoms with Gasteiger partial charge in [-0.15, -0.1) is 0 Å². The van der Waals surface area contributed by atoms with Crippen LogP contribution in [0.1, 0.15) is 26.2 Å². The third-order valence-electron chi connectivity index (χ3n) is 2.24. The Kier molecular flexibility index (Phi) is 9.51. The van der Waals surface area contributed by atoms with E-state index in [1.54, 1.807) is 28.6 Å². The number of rotatable bonds is 9. The van der Waals surface area contributed by atoms with Gasteiger partial charge >= 0.3 is 0 Å². The summed E-state index contributed by atoms with van der Waals surface area (Å²) in [6, 6.07) is 0. The van der Waals surface area contributed by atoms with Crippen molar-refractivity contribution in [3.8, 4) is 0 Å². The van der Waals surface area contributed by atoms with Gasteiger partial charge in [0.15, 0.2) is 0 Å². The first-order chi connectivity index (χ1) is 7.91. The van der Waals surface area contributed by atoms with Gasteiger partial charge in [0.25, 0.3) is 0 Å². The summed E-state index contributed by atoms with van der Waals surface area (Å²) in [6.07, 6.45) is 4.40. The molecule has 0 fully saturated rings. The minimum absolute atomic E-state index is 0.0101. The predicted octanol–water partition coefficient (Wildman–Crippen LogP) is 2.57. The van der Waals surface area contributed by atoms with E-state index in [0.29, 0.717) is 31.6 Å². The van der Waals surface area contributed by atoms with E-state index in [1.807, 2.05) is 13.2 Å². The van der Waals surface area contributed by atoms with Gasteiger partial charge in [0.1, 0.15) is 0 Å². The monoisotopic (exact) mass is 299 g/mol. The number of hydrogen-bond donors (Lipinski definition) is 2. The third-order valence-corrected chi connectivity index (χ3v) is 6.87. The third kappa shape index (κ3) is 10.0. The van der Waals surface area contributed by atoms with Crippen LogP contribution in [0.3, 0.4) is 0 Å². The second kappa shape index (κ2) is 9.31. The second-order valence-electron chi connectivity index (χ2n) is 3.96. The standard InChI is InChI=1S/C10H22NO3PS2/c1-9(17-16-3)8-15(13,14)7-5-4-6-10(12)11-2/h9H,4-8H2,1-3H3,(H,11,12)(H,13,14). The van der Waals surface area contributed by atoms with Crippen LogP contribution >= 0.6 is 29.0 Å². The molecule has 0 aliphatic carbocycles. The molecule has 0 radical (unpaired) electrons. The van der Waals surface area contributed by atoms with Crippen molar-refractivity contribution in [2.45, 2.75) is 31.4 Å². The van der Waals surface area contributed by atoms with Crippen LogP contribution in [0.4, 0.5) is 0 Å². The van der Waals surface area contributed by atoms with Crippen molar-refractivity contribution >= 4 is 34.9 Å². The fraction of sp³-hybridized carbons (Fsp3) is 0.900. The van der Waals surface area contributed by atoms with Crippen LogP contribution in [0, 0.1) is 0 Å². The Morgan fingerprint density at radius 1 is 1.47 bits per heavy atom. The molecular formula is C10H22NO3PS2. The van der Waals surface area contributed by atoms with Gasteiger partial charge in [-0.05, 0) is 19.1 Å². The minimum Gasteiger partial charge on any atom is -0.359 e. The van der Waals surface area contributed by atoms with Gasteiger partial charge in [-0.3, -0.25) is 9.36 Å². The second-order valence-corrected chi connectivity index (χ2v) is 9.37. The fourth-order valence-corrected chi connectivity index (χ4v) is 5.97. The molecule has 2 atom stereocenters. The molecule has 0 aliphatic heterocycles. The SMILES string of the molecule is CNC(=O)CCCCP(=O)(O)CC(C)SSC. The molecule has 0 aliphatic rings. The van der Waals surface area contributed by atoms with Gasteiger partial charge < -0.3 is 10.2 Å². The van der Waals surface area contributed by atoms with Crippen molar-refractivity contribution in [1.29, 1.82) is 0 Å². The average Bonchev–Trinajstić information content (AvgIpc) is 2.23. The van der Waals surface area contributed by atoms with Crippen LogP contribution in [-0.4, -0.2) is 41.7 Å². The van der Waals surface area contributed by atoms with E-state index in [9.17, 15) is 14.3 Å². The van der Waals surface area contributed by atoms with Crippen LogP contribution in [0.15, 0.2) is 0 Å². The van der Waals surface area contributed by atoms with Crippen molar-refractivity contribution in [3.63, 3.8) is 0 Å². The number of amides is 1. The zero-order valence-electron chi connectivity index (χ0n) is 10.6. The zero-order chi connectivity index (χ0) is 13.3. The summed E-state index contributed by atoms with van der Waals surface area (Å²) < 4.78 is 11.8. The largest absolute Gasteiger partial charge is 0.359 e. The predicted molar refractivity (Wildman–Crippen MR) is 78.0 cm³/mol. The zero-order valence-corrected chi connectivity index (χ0v) is 13.2. The molecule has 0 aromatic heterocycles. The van der Waals surface area contributed by atoms with Crippen molar-refractivity contribution < 1.29 is 14.3 Å². The maximum absolute atomic E-state index is 11.8. The fourth-order valence-electron chi connectivity index (χ4n) is 1.46. The van der Waals surface area contributed by atoms with E-state index < -0.39 is 7.37 Å². The Morgan fingerprint density at radius 3 is 2.65 bits per heavy atom. The lowest BCUT2D eigenvalue weighted by Crippen LogP contribution is -2.17. The number of hydrogen-bond acceptors (Lipinski definition) is 4. The molecule has 0 bridgehead atoms. The van der Waals surface area contributed by atoms with E-state index in [0.717, 1.165) is 0 Å². The summed E-state index contributed by atoms with van der Waals surface area (Å²) >= 11 is 0. The highest BCUT2D eigenvalue weighted by molar-refractivity contribution is 8.76. The van der Waals surface area contributed by atoms with Gasteiger partial charge in [-0.1, -0.05) is 28.5 Å². The van der Waals surface area contributed by atoms with Crippen molar-refractivity contribution in [1.82, 2.24) is 5.32 Å². The molecule has 102 valence electrons. The molecule has 0 aromatic carbocycles. The number of unbranched alkanes of at least 4 members (excludes halogenated alkanes) is 1. The van der Waals surface area contributed by atoms with Crippen molar-refractivity contribution in [3.05, 3.63) is 0 Å². The first-order valence-corrected chi connectivity index (χ1v) is 10.3. The van der Waals surface area contributed by atoms with Crippen LogP contribution in [0.5, 0.6) is 0 Å². The quantitative estimate of drug-likeness (QED) is 0.389. The summed E-state index contributed by atoms with van der Waals surface area (Å²) in [4.78, 5) is 20.7. The molecule has 0 rings (SSSR count). The molecule has 0 aromatic rings. The van der Waals surface area contributed by atoms with Gasteiger partial charge in [0.05, 0.1) is 0 Å². The molecular weight excluding hydrogens is 277 g/mol. The molecule has 2 unspecified atom stereocenters. The Hall–Kier alpha value is 0.360. The first kappa shape index (κ1) is 17.4. The van der Waals surface area contributed by atoms with E-state index >= 15 is 0 Å². The lowest BCUT2D eigenvalue weighted by molar-refractivity contribution is -0.120. The van der Waals surface area contributed by atoms with Gasteiger partial charge in [-0.2, -0.15) is 0 Å². The molecule has 2 N–H and O–H groups in total. The van der Waals surface area contributed by atoms with E-state index in [-0.39, 0.29) is 11.2 Å². The average molecular weight is 299 g/mol. The highest BCUT2D eigenvalue weighted by Gasteiger charge is 2.21. The topological polar surface area (TPSA) is 66.4 Å². The number of nitrogens with one attached hydrogen (secondary N) is 1. The van der Waals surface area contributed by atoms with E-state index in [1.165, 1.54) is 0 Å². The van der Waals surface area contributed by atoms with Crippen molar-refractivity contribution in [2.75, 3.05) is 25.6 Å². The van der Waals surface area contributed by atoms with Crippen molar-refractivity contribution in [2.24, 2.45) is 0 Å². The van der Waals surface area contributed by atoms with Crippen LogP contribution in [0.2, 0.25) is 0 Å². The van der Waals surface area contributed by atoms with Gasteiger partial charge in [0, 0.05) is 31.0 Å². The molecule has 17 heavy (non-hydrogen) atoms. The summed E-state index contributed by atoms with van der Waals surface area (Å²) in [5.41, 5.74) is 0. The summed E-state index contributed by atoms with van der Waals surface area (Å²) in [5, 5.41) is 2.73. The van der Waals surface area contributed by atoms with E-state index in [4.69, 9.17) is 0 Å². The molecule has 0 spiro atoms. The number of carbonyl (C=O) groups excluding carboxylic acids is 1. The lowest BCUT2D eigenvalue weighted by atomic mass is 10.2. The van der Waals surface area contributed by atoms with Crippen LogP contribution in [-0.2, 0) is 9.36 Å². The summed E-state index contributed by atoms with van der Waals surface area (Å²) in [7, 11) is 1.83. The highest BCUT2D eigenvalue weighted by Crippen LogP contribution is 2.45. The van der Waals surface area contributed by atoms with Crippen LogP contribution in [0.25, 0.3) is 0 Å². The Morgan fingerprint density at radius 2 is 2.12 bits per heavy atom. The minimum atomic E-state index is -3.01. The van der Waals surface area contributed by atoms with Gasteiger partial charge in [0.2, 0.25) is 13.3 Å². The molecule has 0 saturated heterocycles. The summed E-state index contributed by atoms with van der Waals surface area (Å²) in [6.45, 7) is 1.97.